The number of amides is 1. The van der Waals surface area contributed by atoms with Crippen molar-refractivity contribution < 1.29 is 27.2 Å². The minimum Gasteiger partial charge on any atom is -0.489 e. The van der Waals surface area contributed by atoms with Crippen molar-refractivity contribution in [2.24, 2.45) is 0 Å². The molecule has 0 saturated carbocycles. The zero-order valence-corrected chi connectivity index (χ0v) is 16.1. The number of rotatable bonds is 5. The zero-order chi connectivity index (χ0) is 21.2. The third-order valence-electron chi connectivity index (χ3n) is 4.26. The molecule has 3 rings (SSSR count). The first-order chi connectivity index (χ1) is 13.6. The van der Waals surface area contributed by atoms with Gasteiger partial charge >= 0.3 is 6.18 Å². The van der Waals surface area contributed by atoms with Gasteiger partial charge in [0.15, 0.2) is 5.69 Å². The van der Waals surface area contributed by atoms with E-state index in [1.165, 1.54) is 18.2 Å². The number of carbonyl (C=O) groups excluding carboxylic acids is 1. The number of hydrogen-bond acceptors (Lipinski definition) is 4. The zero-order valence-electron chi connectivity index (χ0n) is 16.1. The predicted molar refractivity (Wildman–Crippen MR) is 101 cm³/mol. The van der Waals surface area contributed by atoms with Gasteiger partial charge < -0.3 is 14.6 Å². The average Bonchev–Trinajstić information content (AvgIpc) is 2.99. The van der Waals surface area contributed by atoms with Gasteiger partial charge in [-0.1, -0.05) is 23.4 Å². The Morgan fingerprint density at radius 1 is 1.10 bits per heavy atom. The van der Waals surface area contributed by atoms with Gasteiger partial charge in [0, 0.05) is 0 Å². The largest absolute Gasteiger partial charge is 0.489 e. The summed E-state index contributed by atoms with van der Waals surface area (Å²) >= 11 is 0. The van der Waals surface area contributed by atoms with Crippen molar-refractivity contribution in [1.82, 2.24) is 5.16 Å². The summed E-state index contributed by atoms with van der Waals surface area (Å²) in [5.74, 6) is 0.151. The number of aromatic nitrogens is 1. The lowest BCUT2D eigenvalue weighted by Crippen LogP contribution is -2.18. The van der Waals surface area contributed by atoms with E-state index in [2.05, 4.69) is 10.5 Å². The van der Waals surface area contributed by atoms with Crippen LogP contribution in [0.15, 0.2) is 47.0 Å². The molecule has 0 aliphatic rings. The van der Waals surface area contributed by atoms with Crippen LogP contribution in [-0.2, 0) is 12.8 Å². The van der Waals surface area contributed by atoms with Crippen molar-refractivity contribution >= 4 is 11.6 Å². The summed E-state index contributed by atoms with van der Waals surface area (Å²) in [6, 6.07) is 10.4. The molecule has 0 radical (unpaired) electrons. The van der Waals surface area contributed by atoms with Crippen LogP contribution in [0.25, 0.3) is 0 Å². The maximum absolute atomic E-state index is 13.2. The smallest absolute Gasteiger partial charge is 0.418 e. The van der Waals surface area contributed by atoms with E-state index in [-0.39, 0.29) is 18.0 Å². The van der Waals surface area contributed by atoms with E-state index in [0.29, 0.717) is 17.1 Å². The monoisotopic (exact) mass is 404 g/mol. The van der Waals surface area contributed by atoms with Crippen molar-refractivity contribution in [2.75, 3.05) is 5.32 Å². The molecule has 0 aliphatic carbocycles. The SMILES string of the molecule is Cc1cc(C)cc(OCc2c(C(=O)Nc3ccccc3C(F)(F)F)noc2C)c1. The summed E-state index contributed by atoms with van der Waals surface area (Å²) < 4.78 is 50.3. The first kappa shape index (κ1) is 20.4. The van der Waals surface area contributed by atoms with Gasteiger partial charge in [-0.25, -0.2) is 0 Å². The number of nitrogens with one attached hydrogen (secondary N) is 1. The first-order valence-corrected chi connectivity index (χ1v) is 8.79. The third-order valence-corrected chi connectivity index (χ3v) is 4.26. The highest BCUT2D eigenvalue weighted by Crippen LogP contribution is 2.34. The lowest BCUT2D eigenvalue weighted by molar-refractivity contribution is -0.136. The quantitative estimate of drug-likeness (QED) is 0.614. The number of nitrogens with zero attached hydrogens (tertiary/aromatic N) is 1. The van der Waals surface area contributed by atoms with Crippen LogP contribution in [0.3, 0.4) is 0 Å². The van der Waals surface area contributed by atoms with Crippen LogP contribution in [0.2, 0.25) is 0 Å². The van der Waals surface area contributed by atoms with E-state index in [9.17, 15) is 18.0 Å². The Kier molecular flexibility index (Phi) is 5.63. The topological polar surface area (TPSA) is 64.4 Å². The molecule has 3 aromatic rings. The number of aryl methyl sites for hydroxylation is 3. The third kappa shape index (κ3) is 4.77. The van der Waals surface area contributed by atoms with Crippen molar-refractivity contribution in [3.05, 3.63) is 76.2 Å². The molecule has 0 bridgehead atoms. The minimum absolute atomic E-state index is 0.0120. The van der Waals surface area contributed by atoms with E-state index >= 15 is 0 Å². The molecule has 1 N–H and O–H groups in total. The van der Waals surface area contributed by atoms with Crippen molar-refractivity contribution in [1.29, 1.82) is 0 Å². The number of para-hydroxylation sites is 1. The molecule has 0 aliphatic heterocycles. The molecular weight excluding hydrogens is 385 g/mol. The molecule has 1 amide bonds. The number of benzene rings is 2. The number of carbonyl (C=O) groups is 1. The van der Waals surface area contributed by atoms with E-state index in [1.54, 1.807) is 6.92 Å². The lowest BCUT2D eigenvalue weighted by Gasteiger charge is -2.13. The van der Waals surface area contributed by atoms with E-state index in [4.69, 9.17) is 9.26 Å². The molecule has 0 fully saturated rings. The van der Waals surface area contributed by atoms with Crippen molar-refractivity contribution in [2.45, 2.75) is 33.6 Å². The molecular formula is C21H19F3N2O3. The molecule has 29 heavy (non-hydrogen) atoms. The summed E-state index contributed by atoms with van der Waals surface area (Å²) in [6.07, 6.45) is -4.60. The second-order valence-corrected chi connectivity index (χ2v) is 6.68. The Morgan fingerprint density at radius 2 is 1.76 bits per heavy atom. The summed E-state index contributed by atoms with van der Waals surface area (Å²) in [5.41, 5.74) is 0.982. The molecule has 1 heterocycles. The molecule has 8 heteroatoms. The van der Waals surface area contributed by atoms with Gasteiger partial charge in [0.2, 0.25) is 0 Å². The van der Waals surface area contributed by atoms with Gasteiger partial charge in [-0.05, 0) is 56.2 Å². The summed E-state index contributed by atoms with van der Waals surface area (Å²) in [4.78, 5) is 12.6. The fraction of sp³-hybridized carbons (Fsp3) is 0.238. The maximum atomic E-state index is 13.2. The Balaban J connectivity index is 1.81. The molecule has 5 nitrogen and oxygen atoms in total. The Morgan fingerprint density at radius 3 is 2.41 bits per heavy atom. The van der Waals surface area contributed by atoms with Gasteiger partial charge in [0.25, 0.3) is 5.91 Å². The Labute approximate surface area is 165 Å². The fourth-order valence-electron chi connectivity index (χ4n) is 2.93. The van der Waals surface area contributed by atoms with Gasteiger partial charge in [-0.15, -0.1) is 0 Å². The average molecular weight is 404 g/mol. The first-order valence-electron chi connectivity index (χ1n) is 8.79. The molecule has 0 atom stereocenters. The molecule has 0 spiro atoms. The van der Waals surface area contributed by atoms with E-state index in [1.807, 2.05) is 32.0 Å². The van der Waals surface area contributed by atoms with Gasteiger partial charge in [0.05, 0.1) is 16.8 Å². The van der Waals surface area contributed by atoms with E-state index < -0.39 is 17.6 Å². The van der Waals surface area contributed by atoms with Crippen LogP contribution in [0.1, 0.15) is 38.5 Å². The van der Waals surface area contributed by atoms with Gasteiger partial charge in [-0.2, -0.15) is 13.2 Å². The molecule has 2 aromatic carbocycles. The molecule has 152 valence electrons. The van der Waals surface area contributed by atoms with Crippen molar-refractivity contribution in [3.63, 3.8) is 0 Å². The second kappa shape index (κ2) is 7.98. The fourth-order valence-corrected chi connectivity index (χ4v) is 2.93. The number of ether oxygens (including phenoxy) is 1. The molecule has 0 saturated heterocycles. The van der Waals surface area contributed by atoms with Crippen LogP contribution in [0.5, 0.6) is 5.75 Å². The van der Waals surface area contributed by atoms with Crippen LogP contribution in [0.4, 0.5) is 18.9 Å². The summed E-state index contributed by atoms with van der Waals surface area (Å²) in [5, 5.41) is 5.97. The minimum atomic E-state index is -4.60. The number of anilines is 1. The highest BCUT2D eigenvalue weighted by atomic mass is 19.4. The second-order valence-electron chi connectivity index (χ2n) is 6.68. The summed E-state index contributed by atoms with van der Waals surface area (Å²) in [7, 11) is 0. The maximum Gasteiger partial charge on any atom is 0.418 e. The Bertz CT molecular complexity index is 1020. The van der Waals surface area contributed by atoms with Gasteiger partial charge in [0.1, 0.15) is 18.1 Å². The predicted octanol–water partition coefficient (Wildman–Crippen LogP) is 5.45. The number of halogens is 3. The molecule has 1 aromatic heterocycles. The van der Waals surface area contributed by atoms with Crippen LogP contribution in [0, 0.1) is 20.8 Å². The van der Waals surface area contributed by atoms with Crippen LogP contribution >= 0.6 is 0 Å². The highest BCUT2D eigenvalue weighted by molar-refractivity contribution is 6.04. The number of hydrogen-bond donors (Lipinski definition) is 1. The highest BCUT2D eigenvalue weighted by Gasteiger charge is 2.34. The lowest BCUT2D eigenvalue weighted by atomic mass is 10.1. The normalized spacial score (nSPS) is 11.4. The van der Waals surface area contributed by atoms with Crippen LogP contribution in [-0.4, -0.2) is 11.1 Å². The van der Waals surface area contributed by atoms with Crippen LogP contribution < -0.4 is 10.1 Å². The number of alkyl halides is 3. The standard InChI is InChI=1S/C21H19F3N2O3/c1-12-8-13(2)10-15(9-12)28-11-16-14(3)29-26-19(16)20(27)25-18-7-5-4-6-17(18)21(22,23)24/h4-10H,11H2,1-3H3,(H,25,27). The Hall–Kier alpha value is -3.29. The van der Waals surface area contributed by atoms with E-state index in [0.717, 1.165) is 17.2 Å². The van der Waals surface area contributed by atoms with Gasteiger partial charge in [-0.3, -0.25) is 4.79 Å². The summed E-state index contributed by atoms with van der Waals surface area (Å²) in [6.45, 7) is 5.46. The van der Waals surface area contributed by atoms with Crippen molar-refractivity contribution in [3.8, 4) is 5.75 Å². The molecule has 0 unspecified atom stereocenters.